The van der Waals surface area contributed by atoms with Gasteiger partial charge >= 0.3 is 11.9 Å². The molecule has 0 bridgehead atoms. The molecular weight excluding hydrogens is 1040 g/mol. The lowest BCUT2D eigenvalue weighted by atomic mass is 10.1. The number of carbonyl (C=O) groups is 2. The summed E-state index contributed by atoms with van der Waals surface area (Å²) in [5.74, 6) is -0.898. The molecule has 2 atom stereocenters. The highest BCUT2D eigenvalue weighted by molar-refractivity contribution is 7.45. The maximum Gasteiger partial charge on any atom is 0.306 e. The number of allylic oxidation sites excluding steroid dienone is 30. The van der Waals surface area contributed by atoms with Crippen LogP contribution in [0.4, 0.5) is 0 Å². The van der Waals surface area contributed by atoms with Gasteiger partial charge < -0.3 is 27.9 Å². The molecular formula is C72H114NO8P. The summed E-state index contributed by atoms with van der Waals surface area (Å²) >= 11 is 0. The molecule has 0 aliphatic heterocycles. The second-order valence-electron chi connectivity index (χ2n) is 21.3. The molecule has 0 aromatic heterocycles. The van der Waals surface area contributed by atoms with Crippen molar-refractivity contribution in [1.82, 2.24) is 0 Å². The smallest absolute Gasteiger partial charge is 0.306 e. The SMILES string of the molecule is CC/C=C\C/C=C\C/C=C\C/C=C\C/C=C\C/C=C\C/C=C\C/C=C\C/C=C\CCCCCC(=O)OC(COC(=O)CCCCCCCCCC/C=C\C/C=C\C/C=C\C/C=C\C/C=C\C/C=C\CC)COP(=O)([O-])OCC[N+](C)(C)C. The number of rotatable bonds is 55. The number of nitrogens with zero attached hydrogens (tertiary/aromatic N) is 1. The molecule has 0 N–H and O–H groups in total. The Morgan fingerprint density at radius 2 is 0.659 bits per heavy atom. The summed E-state index contributed by atoms with van der Waals surface area (Å²) in [5, 5.41) is 0. The van der Waals surface area contributed by atoms with Crippen molar-refractivity contribution in [1.29, 1.82) is 0 Å². The first-order chi connectivity index (χ1) is 40.0. The molecule has 0 rings (SSSR count). The fraction of sp³-hybridized carbons (Fsp3) is 0.556. The normalized spacial score (nSPS) is 14.5. The van der Waals surface area contributed by atoms with Gasteiger partial charge in [-0.15, -0.1) is 0 Å². The van der Waals surface area contributed by atoms with Gasteiger partial charge in [0.15, 0.2) is 6.10 Å². The Balaban J connectivity index is 4.29. The van der Waals surface area contributed by atoms with Crippen LogP contribution in [0.1, 0.15) is 206 Å². The third-order valence-corrected chi connectivity index (χ3v) is 13.4. The Labute approximate surface area is 501 Å². The van der Waals surface area contributed by atoms with E-state index in [1.807, 2.05) is 21.1 Å². The molecule has 0 saturated carbocycles. The molecule has 460 valence electrons. The van der Waals surface area contributed by atoms with Crippen LogP contribution in [0.25, 0.3) is 0 Å². The lowest BCUT2D eigenvalue weighted by Gasteiger charge is -2.28. The van der Waals surface area contributed by atoms with Gasteiger partial charge in [-0.05, 0) is 135 Å². The van der Waals surface area contributed by atoms with E-state index in [4.69, 9.17) is 18.5 Å². The van der Waals surface area contributed by atoms with Crippen LogP contribution < -0.4 is 4.89 Å². The Hall–Kier alpha value is -4.89. The quantitative estimate of drug-likeness (QED) is 0.0195. The van der Waals surface area contributed by atoms with Crippen molar-refractivity contribution in [2.24, 2.45) is 0 Å². The van der Waals surface area contributed by atoms with E-state index in [1.54, 1.807) is 0 Å². The molecule has 0 radical (unpaired) electrons. The molecule has 10 heteroatoms. The van der Waals surface area contributed by atoms with Gasteiger partial charge in [-0.3, -0.25) is 14.2 Å². The Morgan fingerprint density at radius 1 is 0.378 bits per heavy atom. The molecule has 0 aromatic carbocycles. The molecule has 0 aromatic rings. The van der Waals surface area contributed by atoms with Gasteiger partial charge in [0.25, 0.3) is 7.82 Å². The lowest BCUT2D eigenvalue weighted by Crippen LogP contribution is -2.37. The highest BCUT2D eigenvalue weighted by Gasteiger charge is 2.21. The van der Waals surface area contributed by atoms with E-state index < -0.39 is 32.5 Å². The van der Waals surface area contributed by atoms with E-state index >= 15 is 0 Å². The fourth-order valence-corrected chi connectivity index (χ4v) is 8.38. The first-order valence-electron chi connectivity index (χ1n) is 31.5. The van der Waals surface area contributed by atoms with Gasteiger partial charge in [0, 0.05) is 12.8 Å². The molecule has 0 amide bonds. The van der Waals surface area contributed by atoms with Gasteiger partial charge in [0.1, 0.15) is 19.8 Å². The number of unbranched alkanes of at least 4 members (excludes halogenated alkanes) is 11. The van der Waals surface area contributed by atoms with Crippen molar-refractivity contribution in [3.05, 3.63) is 182 Å². The average molecular weight is 1150 g/mol. The molecule has 2 unspecified atom stereocenters. The minimum Gasteiger partial charge on any atom is -0.756 e. The minimum absolute atomic E-state index is 0.0505. The van der Waals surface area contributed by atoms with E-state index in [1.165, 1.54) is 25.7 Å². The molecule has 0 fully saturated rings. The van der Waals surface area contributed by atoms with E-state index in [0.29, 0.717) is 23.9 Å². The van der Waals surface area contributed by atoms with Crippen molar-refractivity contribution in [3.8, 4) is 0 Å². The first kappa shape index (κ1) is 77.1. The van der Waals surface area contributed by atoms with Crippen molar-refractivity contribution in [2.45, 2.75) is 213 Å². The van der Waals surface area contributed by atoms with Crippen LogP contribution in [0.5, 0.6) is 0 Å². The van der Waals surface area contributed by atoms with Crippen LogP contribution in [-0.2, 0) is 32.7 Å². The van der Waals surface area contributed by atoms with E-state index in [9.17, 15) is 19.0 Å². The van der Waals surface area contributed by atoms with E-state index in [2.05, 4.69) is 196 Å². The maximum absolute atomic E-state index is 12.8. The molecule has 0 spiro atoms. The van der Waals surface area contributed by atoms with Crippen molar-refractivity contribution < 1.29 is 42.1 Å². The first-order valence-corrected chi connectivity index (χ1v) is 33.0. The minimum atomic E-state index is -4.67. The van der Waals surface area contributed by atoms with Gasteiger partial charge in [0.05, 0.1) is 27.7 Å². The number of quaternary nitrogens is 1. The largest absolute Gasteiger partial charge is 0.756 e. The number of hydrogen-bond donors (Lipinski definition) is 0. The zero-order chi connectivity index (χ0) is 59.8. The lowest BCUT2D eigenvalue weighted by molar-refractivity contribution is -0.870. The molecule has 82 heavy (non-hydrogen) atoms. The monoisotopic (exact) mass is 1150 g/mol. The van der Waals surface area contributed by atoms with Gasteiger partial charge in [-0.25, -0.2) is 0 Å². The van der Waals surface area contributed by atoms with Crippen molar-refractivity contribution >= 4 is 19.8 Å². The average Bonchev–Trinajstić information content (AvgIpc) is 3.46. The van der Waals surface area contributed by atoms with Crippen LogP contribution in [0.15, 0.2) is 182 Å². The molecule has 9 nitrogen and oxygen atoms in total. The van der Waals surface area contributed by atoms with Gasteiger partial charge in [-0.1, -0.05) is 241 Å². The summed E-state index contributed by atoms with van der Waals surface area (Å²) < 4.78 is 34.2. The van der Waals surface area contributed by atoms with Crippen LogP contribution in [0, 0.1) is 0 Å². The number of hydrogen-bond acceptors (Lipinski definition) is 8. The maximum atomic E-state index is 12.8. The number of phosphoric acid groups is 1. The van der Waals surface area contributed by atoms with Gasteiger partial charge in [-0.2, -0.15) is 0 Å². The molecule has 0 aliphatic rings. The van der Waals surface area contributed by atoms with Gasteiger partial charge in [0.2, 0.25) is 0 Å². The predicted molar refractivity (Wildman–Crippen MR) is 350 cm³/mol. The third-order valence-electron chi connectivity index (χ3n) is 12.4. The van der Waals surface area contributed by atoms with Crippen LogP contribution in [0.2, 0.25) is 0 Å². The summed E-state index contributed by atoms with van der Waals surface area (Å²) in [6.07, 6.45) is 93.7. The summed E-state index contributed by atoms with van der Waals surface area (Å²) in [6.45, 7) is 3.93. The van der Waals surface area contributed by atoms with Crippen molar-refractivity contribution in [3.63, 3.8) is 0 Å². The molecule has 0 saturated heterocycles. The summed E-state index contributed by atoms with van der Waals surface area (Å²) in [5.41, 5.74) is 0. The second-order valence-corrected chi connectivity index (χ2v) is 22.7. The molecule has 0 aliphatic carbocycles. The van der Waals surface area contributed by atoms with E-state index in [0.717, 1.165) is 141 Å². The van der Waals surface area contributed by atoms with Crippen LogP contribution in [-0.4, -0.2) is 70.0 Å². The second kappa shape index (κ2) is 60.7. The zero-order valence-corrected chi connectivity index (χ0v) is 53.0. The van der Waals surface area contributed by atoms with Crippen LogP contribution in [0.3, 0.4) is 0 Å². The number of likely N-dealkylation sites (N-methyl/N-ethyl adjacent to an activating group) is 1. The number of carbonyl (C=O) groups excluding carboxylic acids is 2. The fourth-order valence-electron chi connectivity index (χ4n) is 7.65. The van der Waals surface area contributed by atoms with Crippen molar-refractivity contribution in [2.75, 3.05) is 47.5 Å². The standard InChI is InChI=1S/C72H114NO8P/c1-6-8-10-12-14-16-18-20-22-24-26-28-30-32-34-35-36-37-39-41-43-45-47-49-51-53-55-57-59-61-63-65-72(75)81-70(69-80-82(76,77)79-67-66-73(3,4)5)68-78-71(74)64-62-60-58-56-54-52-50-48-46-44-42-40-38-33-31-29-27-25-23-21-19-17-15-13-11-9-7-2/h8-11,14-17,20-23,26-29,32-34,36-38,41-44,47,49,53,55,70H,6-7,12-13,18-19,24-25,30-31,35,39-40,45-46,48,50-52,54,56-69H2,1-5H3/b10-8-,11-9-,16-14-,17-15-,22-20-,23-21-,28-26-,29-27-,34-32-,37-36-,38-33-,43-41-,44-42-,49-47-,55-53-. The third kappa shape index (κ3) is 64.3. The Morgan fingerprint density at radius 3 is 0.988 bits per heavy atom. The predicted octanol–water partition coefficient (Wildman–Crippen LogP) is 19.7. The Kier molecular flexibility index (Phi) is 57.1. The van der Waals surface area contributed by atoms with Crippen LogP contribution >= 0.6 is 7.82 Å². The van der Waals surface area contributed by atoms with E-state index in [-0.39, 0.29) is 26.1 Å². The number of phosphoric ester groups is 1. The topological polar surface area (TPSA) is 111 Å². The Bertz CT molecular complexity index is 2030. The summed E-state index contributed by atoms with van der Waals surface area (Å²) in [7, 11) is 1.11. The number of esters is 2. The summed E-state index contributed by atoms with van der Waals surface area (Å²) in [4.78, 5) is 38.0. The highest BCUT2D eigenvalue weighted by Crippen LogP contribution is 2.38. The highest BCUT2D eigenvalue weighted by atomic mass is 31.2. The summed E-state index contributed by atoms with van der Waals surface area (Å²) in [6, 6.07) is 0. The zero-order valence-electron chi connectivity index (χ0n) is 52.1. The molecule has 0 heterocycles. The number of ether oxygens (including phenoxy) is 2.